The summed E-state index contributed by atoms with van der Waals surface area (Å²) < 4.78 is 35.3. The van der Waals surface area contributed by atoms with Crippen LogP contribution in [-0.2, 0) is 9.84 Å². The maximum Gasteiger partial charge on any atom is 0.264 e. The number of carbonyl (C=O) groups is 2. The molecule has 0 radical (unpaired) electrons. The highest BCUT2D eigenvalue weighted by Crippen LogP contribution is 2.38. The van der Waals surface area contributed by atoms with E-state index in [1.165, 1.54) is 7.11 Å². The highest BCUT2D eigenvalue weighted by Gasteiger charge is 2.43. The van der Waals surface area contributed by atoms with Gasteiger partial charge in [-0.05, 0) is 36.8 Å². The minimum absolute atomic E-state index is 0.238. The lowest BCUT2D eigenvalue weighted by atomic mass is 10.1. The summed E-state index contributed by atoms with van der Waals surface area (Å²) in [5, 5.41) is 2.91. The number of hydrogen-bond donors (Lipinski definition) is 1. The van der Waals surface area contributed by atoms with Crippen LogP contribution in [0.1, 0.15) is 39.2 Å². The van der Waals surface area contributed by atoms with Gasteiger partial charge in [0.15, 0.2) is 11.5 Å². The van der Waals surface area contributed by atoms with Crippen LogP contribution in [0, 0.1) is 0 Å². The van der Waals surface area contributed by atoms with E-state index in [-0.39, 0.29) is 11.1 Å². The zero-order valence-electron chi connectivity index (χ0n) is 17.3. The average molecular weight is 432 g/mol. The van der Waals surface area contributed by atoms with Crippen molar-refractivity contribution in [1.29, 1.82) is 0 Å². The van der Waals surface area contributed by atoms with Gasteiger partial charge >= 0.3 is 0 Å². The van der Waals surface area contributed by atoms with Gasteiger partial charge in [-0.25, -0.2) is 8.42 Å². The van der Waals surface area contributed by atoms with Crippen LogP contribution in [-0.4, -0.2) is 57.9 Å². The van der Waals surface area contributed by atoms with Gasteiger partial charge in [0.05, 0.1) is 36.6 Å². The van der Waals surface area contributed by atoms with Crippen molar-refractivity contribution in [3.63, 3.8) is 0 Å². The number of rotatable bonds is 8. The third kappa shape index (κ3) is 3.97. The van der Waals surface area contributed by atoms with E-state index in [1.807, 2.05) is 6.92 Å². The molecule has 1 N–H and O–H groups in total. The van der Waals surface area contributed by atoms with Gasteiger partial charge in [-0.15, -0.1) is 0 Å². The molecule has 0 bridgehead atoms. The number of nitrogens with one attached hydrogen (secondary N) is 1. The van der Waals surface area contributed by atoms with Crippen LogP contribution in [0.2, 0.25) is 0 Å². The number of benzene rings is 2. The van der Waals surface area contributed by atoms with Gasteiger partial charge < -0.3 is 14.8 Å². The average Bonchev–Trinajstić information content (AvgIpc) is 2.96. The van der Waals surface area contributed by atoms with E-state index in [0.29, 0.717) is 29.4 Å². The van der Waals surface area contributed by atoms with E-state index in [4.69, 9.17) is 9.47 Å². The van der Waals surface area contributed by atoms with Crippen LogP contribution in [0.3, 0.4) is 0 Å². The van der Waals surface area contributed by atoms with Crippen molar-refractivity contribution < 1.29 is 27.5 Å². The Balaban J connectivity index is 2.13. The summed E-state index contributed by atoms with van der Waals surface area (Å²) in [5.41, 5.74) is 1.45. The quantitative estimate of drug-likeness (QED) is 0.640. The van der Waals surface area contributed by atoms with Gasteiger partial charge in [-0.2, -0.15) is 0 Å². The van der Waals surface area contributed by atoms with Gasteiger partial charge in [-0.3, -0.25) is 14.5 Å². The maximum absolute atomic E-state index is 13.2. The van der Waals surface area contributed by atoms with Crippen molar-refractivity contribution in [3.05, 3.63) is 53.1 Å². The molecule has 1 atom stereocenters. The number of ether oxygens (including phenoxy) is 2. The van der Waals surface area contributed by atoms with E-state index >= 15 is 0 Å². The second-order valence-electron chi connectivity index (χ2n) is 6.91. The molecule has 0 spiro atoms. The molecule has 0 aliphatic carbocycles. The summed E-state index contributed by atoms with van der Waals surface area (Å²) in [4.78, 5) is 27.4. The van der Waals surface area contributed by atoms with Crippen LogP contribution >= 0.6 is 0 Å². The Labute approximate surface area is 175 Å². The number of methoxy groups -OCH3 is 1. The Morgan fingerprint density at radius 2 is 1.83 bits per heavy atom. The lowest BCUT2D eigenvalue weighted by Gasteiger charge is -2.27. The highest BCUT2D eigenvalue weighted by atomic mass is 32.2. The molecular formula is C21H24N2O6S. The predicted molar refractivity (Wildman–Crippen MR) is 113 cm³/mol. The summed E-state index contributed by atoms with van der Waals surface area (Å²) in [6.07, 6.45) is 1.07. The summed E-state index contributed by atoms with van der Waals surface area (Å²) in [7, 11) is -0.384. The first kappa shape index (κ1) is 21.6. The number of imide groups is 1. The van der Waals surface area contributed by atoms with Gasteiger partial charge in [0, 0.05) is 19.0 Å². The first-order chi connectivity index (χ1) is 14.2. The fourth-order valence-electron chi connectivity index (χ4n) is 3.57. The Bertz CT molecular complexity index is 1100. The van der Waals surface area contributed by atoms with Crippen LogP contribution in [0.5, 0.6) is 11.5 Å². The Morgan fingerprint density at radius 3 is 2.43 bits per heavy atom. The molecule has 1 heterocycles. The number of hydrogen-bond acceptors (Lipinski definition) is 7. The Kier molecular flexibility index (Phi) is 6.02. The third-order valence-electron chi connectivity index (χ3n) is 4.86. The van der Waals surface area contributed by atoms with Crippen LogP contribution < -0.4 is 14.8 Å². The van der Waals surface area contributed by atoms with E-state index < -0.39 is 33.4 Å². The molecule has 3 rings (SSSR count). The largest absolute Gasteiger partial charge is 0.493 e. The molecule has 0 unspecified atom stereocenters. The van der Waals surface area contributed by atoms with Gasteiger partial charge in [0.1, 0.15) is 9.84 Å². The highest BCUT2D eigenvalue weighted by molar-refractivity contribution is 7.90. The molecule has 9 heteroatoms. The molecule has 0 fully saturated rings. The zero-order chi connectivity index (χ0) is 22.1. The lowest BCUT2D eigenvalue weighted by Crippen LogP contribution is -2.37. The van der Waals surface area contributed by atoms with Crippen molar-refractivity contribution in [1.82, 2.24) is 4.90 Å². The fraction of sp³-hybridized carbons (Fsp3) is 0.333. The van der Waals surface area contributed by atoms with Crippen molar-refractivity contribution >= 4 is 27.3 Å². The summed E-state index contributed by atoms with van der Waals surface area (Å²) in [6.45, 7) is 2.18. The third-order valence-corrected chi connectivity index (χ3v) is 5.78. The molecule has 2 amide bonds. The number of fused-ring (bicyclic) bond motifs is 1. The monoisotopic (exact) mass is 432 g/mol. The van der Waals surface area contributed by atoms with Gasteiger partial charge in [0.25, 0.3) is 11.8 Å². The first-order valence-corrected chi connectivity index (χ1v) is 11.4. The van der Waals surface area contributed by atoms with Crippen LogP contribution in [0.25, 0.3) is 0 Å². The molecule has 1 aliphatic heterocycles. The molecule has 0 aromatic heterocycles. The normalized spacial score (nSPS) is 14.5. The van der Waals surface area contributed by atoms with Crippen molar-refractivity contribution in [2.24, 2.45) is 0 Å². The molecular weight excluding hydrogens is 408 g/mol. The van der Waals surface area contributed by atoms with E-state index in [2.05, 4.69) is 5.32 Å². The SMILES string of the molecule is CCOc1cc([C@@H](CS(C)(=O)=O)N2C(=O)c3cccc(NC)c3C2=O)ccc1OC. The number of sulfone groups is 1. The molecule has 1 aliphatic rings. The maximum atomic E-state index is 13.2. The summed E-state index contributed by atoms with van der Waals surface area (Å²) in [6, 6.07) is 8.80. The lowest BCUT2D eigenvalue weighted by molar-refractivity contribution is 0.0597. The van der Waals surface area contributed by atoms with Crippen LogP contribution in [0.15, 0.2) is 36.4 Å². The standard InChI is InChI=1S/C21H24N2O6S/c1-5-29-18-11-13(9-10-17(18)28-3)16(12-30(4,26)27)23-20(24)14-7-6-8-15(22-2)19(14)21(23)25/h6-11,16,22H,5,12H2,1-4H3/t16-/m1/s1. The zero-order valence-corrected chi connectivity index (χ0v) is 18.1. The fourth-order valence-corrected chi connectivity index (χ4v) is 4.49. The number of amides is 2. The van der Waals surface area contributed by atoms with E-state index in [1.54, 1.807) is 43.4 Å². The minimum Gasteiger partial charge on any atom is -0.493 e. The van der Waals surface area contributed by atoms with Crippen molar-refractivity contribution in [2.45, 2.75) is 13.0 Å². The second kappa shape index (κ2) is 8.35. The smallest absolute Gasteiger partial charge is 0.264 e. The molecule has 0 saturated carbocycles. The summed E-state index contributed by atoms with van der Waals surface area (Å²) >= 11 is 0. The van der Waals surface area contributed by atoms with Gasteiger partial charge in [-0.1, -0.05) is 12.1 Å². The first-order valence-electron chi connectivity index (χ1n) is 9.39. The van der Waals surface area contributed by atoms with E-state index in [9.17, 15) is 18.0 Å². The van der Waals surface area contributed by atoms with Crippen LogP contribution in [0.4, 0.5) is 5.69 Å². The van der Waals surface area contributed by atoms with Crippen molar-refractivity contribution in [3.8, 4) is 11.5 Å². The minimum atomic E-state index is -3.53. The number of anilines is 1. The Hall–Kier alpha value is -3.07. The molecule has 30 heavy (non-hydrogen) atoms. The second-order valence-corrected chi connectivity index (χ2v) is 9.09. The Morgan fingerprint density at radius 1 is 1.10 bits per heavy atom. The predicted octanol–water partition coefficient (Wildman–Crippen LogP) is 2.52. The molecule has 2 aromatic rings. The van der Waals surface area contributed by atoms with Crippen molar-refractivity contribution in [2.75, 3.05) is 38.1 Å². The topological polar surface area (TPSA) is 102 Å². The molecule has 0 saturated heterocycles. The van der Waals surface area contributed by atoms with Gasteiger partial charge in [0.2, 0.25) is 0 Å². The molecule has 8 nitrogen and oxygen atoms in total. The molecule has 160 valence electrons. The summed E-state index contributed by atoms with van der Waals surface area (Å²) in [5.74, 6) is -0.607. The number of carbonyl (C=O) groups excluding carboxylic acids is 2. The van der Waals surface area contributed by atoms with E-state index in [0.717, 1.165) is 11.2 Å². The molecule has 2 aromatic carbocycles. The number of nitrogens with zero attached hydrogens (tertiary/aromatic N) is 1.